The molecule has 1 aromatic carbocycles. The van der Waals surface area contributed by atoms with Crippen LogP contribution in [0.25, 0.3) is 10.9 Å². The van der Waals surface area contributed by atoms with Crippen LogP contribution in [-0.4, -0.2) is 35.9 Å². The van der Waals surface area contributed by atoms with Crippen molar-refractivity contribution in [3.05, 3.63) is 29.5 Å². The lowest BCUT2D eigenvalue weighted by Crippen LogP contribution is -2.42. The summed E-state index contributed by atoms with van der Waals surface area (Å²) in [4.78, 5) is 33.8. The topological polar surface area (TPSA) is 71.5 Å². The number of aliphatic imine (C=N–C) groups is 1. The molecule has 0 amide bonds. The summed E-state index contributed by atoms with van der Waals surface area (Å²) < 4.78 is 5.38. The first-order valence-corrected chi connectivity index (χ1v) is 11.0. The molecule has 0 unspecified atom stereocenters. The van der Waals surface area contributed by atoms with Crippen LogP contribution in [0.3, 0.4) is 0 Å². The number of hydrogen-bond acceptors (Lipinski definition) is 4. The molecule has 1 aromatic heterocycles. The number of ketones is 2. The number of aromatic amines is 1. The molecule has 3 rings (SSSR count). The van der Waals surface area contributed by atoms with E-state index in [0.29, 0.717) is 19.4 Å². The van der Waals surface area contributed by atoms with Crippen molar-refractivity contribution in [1.82, 2.24) is 4.98 Å². The molecule has 1 N–H and O–H groups in total. The number of nitrogens with one attached hydrogen (secondary N) is 1. The fraction of sp³-hybridized carbons (Fsp3) is 0.560. The van der Waals surface area contributed by atoms with Crippen molar-refractivity contribution in [3.8, 4) is 5.75 Å². The van der Waals surface area contributed by atoms with E-state index in [1.165, 1.54) is 5.56 Å². The second kappa shape index (κ2) is 9.15. The van der Waals surface area contributed by atoms with Crippen molar-refractivity contribution >= 4 is 28.2 Å². The Labute approximate surface area is 179 Å². The monoisotopic (exact) mass is 410 g/mol. The normalized spacial score (nSPS) is 17.7. The minimum Gasteiger partial charge on any atom is -0.497 e. The summed E-state index contributed by atoms with van der Waals surface area (Å²) in [5, 5.41) is 1.14. The number of carbonyl (C=O) groups excluding carboxylic acids is 2. The first-order chi connectivity index (χ1) is 14.3. The number of H-pyrrole nitrogens is 1. The van der Waals surface area contributed by atoms with E-state index in [1.807, 2.05) is 32.0 Å². The van der Waals surface area contributed by atoms with Crippen LogP contribution in [0.5, 0.6) is 5.75 Å². The largest absolute Gasteiger partial charge is 0.497 e. The predicted molar refractivity (Wildman–Crippen MR) is 122 cm³/mol. The Morgan fingerprint density at radius 3 is 2.57 bits per heavy atom. The highest BCUT2D eigenvalue weighted by atomic mass is 16.5. The maximum absolute atomic E-state index is 12.8. The summed E-state index contributed by atoms with van der Waals surface area (Å²) >= 11 is 0. The molecule has 1 heterocycles. The lowest BCUT2D eigenvalue weighted by atomic mass is 9.69. The maximum atomic E-state index is 12.8. The molecule has 0 bridgehead atoms. The van der Waals surface area contributed by atoms with Gasteiger partial charge in [-0.1, -0.05) is 27.2 Å². The number of nitrogens with zero attached hydrogens (tertiary/aromatic N) is 1. The second-order valence-corrected chi connectivity index (χ2v) is 9.25. The molecule has 2 aromatic rings. The third-order valence-corrected chi connectivity index (χ3v) is 6.07. The molecule has 1 fully saturated rings. The Morgan fingerprint density at radius 1 is 1.23 bits per heavy atom. The number of aromatic nitrogens is 1. The van der Waals surface area contributed by atoms with Gasteiger partial charge in [-0.2, -0.15) is 0 Å². The Kier molecular flexibility index (Phi) is 6.79. The lowest BCUT2D eigenvalue weighted by Gasteiger charge is -2.32. The first-order valence-electron chi connectivity index (χ1n) is 11.0. The van der Waals surface area contributed by atoms with E-state index in [2.05, 4.69) is 18.8 Å². The van der Waals surface area contributed by atoms with Gasteiger partial charge in [-0.25, -0.2) is 0 Å². The number of fused-ring (bicyclic) bond motifs is 1. The van der Waals surface area contributed by atoms with Gasteiger partial charge in [0.05, 0.1) is 7.11 Å². The van der Waals surface area contributed by atoms with Crippen LogP contribution in [0.1, 0.15) is 64.1 Å². The van der Waals surface area contributed by atoms with Crippen molar-refractivity contribution in [2.75, 3.05) is 13.7 Å². The van der Waals surface area contributed by atoms with Crippen LogP contribution in [0, 0.1) is 18.3 Å². The van der Waals surface area contributed by atoms with E-state index in [0.717, 1.165) is 53.7 Å². The third-order valence-electron chi connectivity index (χ3n) is 6.07. The van der Waals surface area contributed by atoms with Crippen LogP contribution < -0.4 is 4.74 Å². The van der Waals surface area contributed by atoms with Crippen molar-refractivity contribution in [1.29, 1.82) is 0 Å². The van der Waals surface area contributed by atoms with E-state index in [1.54, 1.807) is 7.11 Å². The number of benzene rings is 1. The standard InChI is InChI=1S/C25H34N2O3/c1-6-7-8-21(24-22(28)14-25(3,4)15-23(24)29)26-12-11-18-16(2)27-20-10-9-17(30-5)13-19(18)20/h9-10,13,24,27H,6-8,11-12,14-15H2,1-5H3. The van der Waals surface area contributed by atoms with Crippen molar-refractivity contribution in [3.63, 3.8) is 0 Å². The molecule has 162 valence electrons. The number of carbonyl (C=O) groups is 2. The van der Waals surface area contributed by atoms with Gasteiger partial charge in [-0.15, -0.1) is 0 Å². The zero-order valence-corrected chi connectivity index (χ0v) is 18.9. The quantitative estimate of drug-likeness (QED) is 0.478. The molecule has 5 nitrogen and oxygen atoms in total. The number of Topliss-reactive ketones (excluding diaryl/α,β-unsaturated/α-hetero) is 2. The Balaban J connectivity index is 1.82. The Bertz CT molecular complexity index is 948. The van der Waals surface area contributed by atoms with Gasteiger partial charge in [0.1, 0.15) is 23.2 Å². The van der Waals surface area contributed by atoms with E-state index < -0.39 is 5.92 Å². The van der Waals surface area contributed by atoms with Gasteiger partial charge in [0.25, 0.3) is 0 Å². The van der Waals surface area contributed by atoms with Crippen molar-refractivity contribution < 1.29 is 14.3 Å². The highest BCUT2D eigenvalue weighted by Gasteiger charge is 2.41. The van der Waals surface area contributed by atoms with Gasteiger partial charge in [-0.3, -0.25) is 14.6 Å². The summed E-state index contributed by atoms with van der Waals surface area (Å²) in [7, 11) is 1.67. The summed E-state index contributed by atoms with van der Waals surface area (Å²) in [6.45, 7) is 8.75. The highest BCUT2D eigenvalue weighted by molar-refractivity contribution is 6.22. The van der Waals surface area contributed by atoms with Crippen LogP contribution in [-0.2, 0) is 16.0 Å². The van der Waals surface area contributed by atoms with Gasteiger partial charge in [0.15, 0.2) is 0 Å². The average Bonchev–Trinajstić information content (AvgIpc) is 2.98. The fourth-order valence-corrected chi connectivity index (χ4v) is 4.56. The van der Waals surface area contributed by atoms with Gasteiger partial charge in [0.2, 0.25) is 0 Å². The van der Waals surface area contributed by atoms with Crippen LogP contribution >= 0.6 is 0 Å². The number of unbranched alkanes of at least 4 members (excludes halogenated alkanes) is 1. The molecule has 0 radical (unpaired) electrons. The second-order valence-electron chi connectivity index (χ2n) is 9.25. The first kappa shape index (κ1) is 22.3. The van der Waals surface area contributed by atoms with E-state index in [-0.39, 0.29) is 17.0 Å². The van der Waals surface area contributed by atoms with Crippen molar-refractivity contribution in [2.45, 2.75) is 66.2 Å². The zero-order valence-electron chi connectivity index (χ0n) is 18.9. The summed E-state index contributed by atoms with van der Waals surface area (Å²) in [6, 6.07) is 6.03. The average molecular weight is 411 g/mol. The SMILES string of the molecule is CCCCC(=NCCc1c(C)[nH]c2ccc(OC)cc12)C1C(=O)CC(C)(C)CC1=O. The molecule has 5 heteroatoms. The molecule has 0 saturated heterocycles. The van der Waals surface area contributed by atoms with Crippen LogP contribution in [0.4, 0.5) is 0 Å². The Morgan fingerprint density at radius 2 is 1.93 bits per heavy atom. The third kappa shape index (κ3) is 4.82. The lowest BCUT2D eigenvalue weighted by molar-refractivity contribution is -0.136. The molecule has 0 spiro atoms. The molecule has 1 aliphatic carbocycles. The number of aryl methyl sites for hydroxylation is 1. The molecule has 0 atom stereocenters. The van der Waals surface area contributed by atoms with Gasteiger partial charge >= 0.3 is 0 Å². The van der Waals surface area contributed by atoms with E-state index in [4.69, 9.17) is 9.73 Å². The number of hydrogen-bond donors (Lipinski definition) is 1. The number of rotatable bonds is 8. The zero-order chi connectivity index (χ0) is 21.9. The molecule has 30 heavy (non-hydrogen) atoms. The number of ether oxygens (including phenoxy) is 1. The molecular formula is C25H34N2O3. The number of methoxy groups -OCH3 is 1. The van der Waals surface area contributed by atoms with Gasteiger partial charge < -0.3 is 9.72 Å². The van der Waals surface area contributed by atoms with Crippen LogP contribution in [0.15, 0.2) is 23.2 Å². The van der Waals surface area contributed by atoms with E-state index in [9.17, 15) is 9.59 Å². The summed E-state index contributed by atoms with van der Waals surface area (Å²) in [6.07, 6.45) is 4.35. The molecule has 0 aliphatic heterocycles. The molecular weight excluding hydrogens is 376 g/mol. The van der Waals surface area contributed by atoms with E-state index >= 15 is 0 Å². The fourth-order valence-electron chi connectivity index (χ4n) is 4.56. The van der Waals surface area contributed by atoms with Gasteiger partial charge in [0, 0.05) is 41.7 Å². The minimum atomic E-state index is -0.631. The highest BCUT2D eigenvalue weighted by Crippen LogP contribution is 2.35. The smallest absolute Gasteiger partial charge is 0.149 e. The Hall–Kier alpha value is -2.43. The maximum Gasteiger partial charge on any atom is 0.149 e. The predicted octanol–water partition coefficient (Wildman–Crippen LogP) is 5.23. The van der Waals surface area contributed by atoms with Crippen molar-refractivity contribution in [2.24, 2.45) is 16.3 Å². The molecule has 1 aliphatic rings. The van der Waals surface area contributed by atoms with Gasteiger partial charge in [-0.05, 0) is 55.4 Å². The summed E-state index contributed by atoms with van der Waals surface area (Å²) in [5.41, 5.74) is 3.97. The minimum absolute atomic E-state index is 0.0408. The summed E-state index contributed by atoms with van der Waals surface area (Å²) in [5.74, 6) is 0.280. The van der Waals surface area contributed by atoms with Crippen LogP contribution in [0.2, 0.25) is 0 Å². The molecule has 1 saturated carbocycles.